The van der Waals surface area contributed by atoms with Crippen LogP contribution in [0.15, 0.2) is 12.3 Å². The van der Waals surface area contributed by atoms with Crippen LogP contribution in [0.1, 0.15) is 17.4 Å². The van der Waals surface area contributed by atoms with Gasteiger partial charge in [-0.05, 0) is 13.0 Å². The zero-order valence-electron chi connectivity index (χ0n) is 7.44. The number of ketones is 1. The average Bonchev–Trinajstić information content (AvgIpc) is 2.48. The first-order valence-electron chi connectivity index (χ1n) is 3.72. The molecule has 66 valence electrons. The van der Waals surface area contributed by atoms with E-state index in [1.165, 1.54) is 11.8 Å². The van der Waals surface area contributed by atoms with Crippen molar-refractivity contribution in [1.29, 1.82) is 0 Å². The van der Waals surface area contributed by atoms with Crippen molar-refractivity contribution in [3.63, 3.8) is 0 Å². The van der Waals surface area contributed by atoms with Crippen molar-refractivity contribution >= 4 is 5.78 Å². The van der Waals surface area contributed by atoms with Gasteiger partial charge >= 0.3 is 0 Å². The van der Waals surface area contributed by atoms with Crippen molar-refractivity contribution in [2.45, 2.75) is 13.0 Å². The number of rotatable bonds is 3. The summed E-state index contributed by atoms with van der Waals surface area (Å²) in [7, 11) is 3.24. The molecule has 0 aliphatic carbocycles. The molecule has 0 amide bonds. The van der Waals surface area contributed by atoms with E-state index in [1.54, 1.807) is 26.2 Å². The molecule has 0 aliphatic heterocycles. The standard InChI is InChI=1S/C8H12N2O2/c1-6(12-3)8(11)7-4-5-9-10(7)2/h4-6H,1-3H3. The fraction of sp³-hybridized carbons (Fsp3) is 0.500. The summed E-state index contributed by atoms with van der Waals surface area (Å²) in [5.41, 5.74) is 0.573. The van der Waals surface area contributed by atoms with Crippen LogP contribution < -0.4 is 0 Å². The second-order valence-electron chi connectivity index (χ2n) is 2.58. The maximum absolute atomic E-state index is 11.5. The molecule has 1 aromatic rings. The minimum Gasteiger partial charge on any atom is -0.374 e. The number of ether oxygens (including phenoxy) is 1. The van der Waals surface area contributed by atoms with Gasteiger partial charge < -0.3 is 4.74 Å². The van der Waals surface area contributed by atoms with Crippen molar-refractivity contribution in [3.8, 4) is 0 Å². The maximum atomic E-state index is 11.5. The summed E-state index contributed by atoms with van der Waals surface area (Å²) in [5.74, 6) is -0.0440. The molecular formula is C8H12N2O2. The first-order chi connectivity index (χ1) is 5.66. The largest absolute Gasteiger partial charge is 0.374 e. The number of aromatic nitrogens is 2. The molecule has 1 unspecified atom stereocenters. The van der Waals surface area contributed by atoms with Crippen LogP contribution in [0.2, 0.25) is 0 Å². The summed E-state index contributed by atoms with van der Waals surface area (Å²) in [4.78, 5) is 11.5. The van der Waals surface area contributed by atoms with Gasteiger partial charge in [0.1, 0.15) is 11.8 Å². The molecule has 1 rings (SSSR count). The number of carbonyl (C=O) groups is 1. The van der Waals surface area contributed by atoms with Crippen LogP contribution in [-0.2, 0) is 11.8 Å². The topological polar surface area (TPSA) is 44.1 Å². The summed E-state index contributed by atoms with van der Waals surface area (Å²) in [5, 5.41) is 3.89. The van der Waals surface area contributed by atoms with E-state index in [4.69, 9.17) is 4.74 Å². The number of Topliss-reactive ketones (excluding diaryl/α,β-unsaturated/α-hetero) is 1. The Hall–Kier alpha value is -1.16. The Kier molecular flexibility index (Phi) is 2.60. The highest BCUT2D eigenvalue weighted by molar-refractivity contribution is 5.97. The lowest BCUT2D eigenvalue weighted by Gasteiger charge is -2.07. The molecule has 0 saturated carbocycles. The van der Waals surface area contributed by atoms with Crippen LogP contribution in [-0.4, -0.2) is 28.8 Å². The van der Waals surface area contributed by atoms with Crippen molar-refractivity contribution in [1.82, 2.24) is 9.78 Å². The summed E-state index contributed by atoms with van der Waals surface area (Å²) in [6, 6.07) is 1.68. The van der Waals surface area contributed by atoms with Crippen molar-refractivity contribution in [2.75, 3.05) is 7.11 Å². The highest BCUT2D eigenvalue weighted by Crippen LogP contribution is 2.03. The highest BCUT2D eigenvalue weighted by atomic mass is 16.5. The lowest BCUT2D eigenvalue weighted by Crippen LogP contribution is -2.21. The lowest BCUT2D eigenvalue weighted by atomic mass is 10.2. The molecule has 4 heteroatoms. The number of aryl methyl sites for hydroxylation is 1. The highest BCUT2D eigenvalue weighted by Gasteiger charge is 2.16. The van der Waals surface area contributed by atoms with Crippen LogP contribution in [0.5, 0.6) is 0 Å². The van der Waals surface area contributed by atoms with E-state index in [1.807, 2.05) is 0 Å². The van der Waals surface area contributed by atoms with E-state index in [0.717, 1.165) is 0 Å². The maximum Gasteiger partial charge on any atom is 0.209 e. The predicted molar refractivity (Wildman–Crippen MR) is 44.0 cm³/mol. The van der Waals surface area contributed by atoms with Gasteiger partial charge in [-0.3, -0.25) is 9.48 Å². The van der Waals surface area contributed by atoms with E-state index >= 15 is 0 Å². The van der Waals surface area contributed by atoms with Crippen LogP contribution >= 0.6 is 0 Å². The molecule has 1 atom stereocenters. The van der Waals surface area contributed by atoms with Gasteiger partial charge in [-0.15, -0.1) is 0 Å². The summed E-state index contributed by atoms with van der Waals surface area (Å²) < 4.78 is 6.44. The molecule has 0 saturated heterocycles. The molecule has 1 heterocycles. The number of nitrogens with zero attached hydrogens (tertiary/aromatic N) is 2. The van der Waals surface area contributed by atoms with Crippen molar-refractivity contribution < 1.29 is 9.53 Å². The number of hydrogen-bond acceptors (Lipinski definition) is 3. The zero-order valence-corrected chi connectivity index (χ0v) is 7.44. The van der Waals surface area contributed by atoms with Crippen LogP contribution in [0.4, 0.5) is 0 Å². The third-order valence-electron chi connectivity index (χ3n) is 1.80. The molecule has 0 fully saturated rings. The molecule has 0 bridgehead atoms. The molecule has 12 heavy (non-hydrogen) atoms. The molecule has 0 aliphatic rings. The van der Waals surface area contributed by atoms with Gasteiger partial charge in [-0.1, -0.05) is 0 Å². The SMILES string of the molecule is COC(C)C(=O)c1ccnn1C. The van der Waals surface area contributed by atoms with Crippen LogP contribution in [0, 0.1) is 0 Å². The minimum absolute atomic E-state index is 0.0440. The van der Waals surface area contributed by atoms with Crippen molar-refractivity contribution in [2.24, 2.45) is 7.05 Å². The Morgan fingerprint density at radius 3 is 2.83 bits per heavy atom. The van der Waals surface area contributed by atoms with E-state index < -0.39 is 6.10 Å². The molecule has 1 aromatic heterocycles. The quantitative estimate of drug-likeness (QED) is 0.622. The van der Waals surface area contributed by atoms with Crippen LogP contribution in [0.25, 0.3) is 0 Å². The van der Waals surface area contributed by atoms with Gasteiger partial charge in [0.25, 0.3) is 0 Å². The predicted octanol–water partition coefficient (Wildman–Crippen LogP) is 0.638. The lowest BCUT2D eigenvalue weighted by molar-refractivity contribution is 0.0646. The molecule has 4 nitrogen and oxygen atoms in total. The van der Waals surface area contributed by atoms with Gasteiger partial charge in [0.2, 0.25) is 5.78 Å². The van der Waals surface area contributed by atoms with Gasteiger partial charge in [0.15, 0.2) is 0 Å². The third-order valence-corrected chi connectivity index (χ3v) is 1.80. The van der Waals surface area contributed by atoms with E-state index in [2.05, 4.69) is 5.10 Å². The smallest absolute Gasteiger partial charge is 0.209 e. The van der Waals surface area contributed by atoms with E-state index in [-0.39, 0.29) is 5.78 Å². The minimum atomic E-state index is -0.402. The fourth-order valence-electron chi connectivity index (χ4n) is 0.931. The Labute approximate surface area is 71.1 Å². The fourth-order valence-corrected chi connectivity index (χ4v) is 0.931. The second kappa shape index (κ2) is 3.49. The van der Waals surface area contributed by atoms with Crippen molar-refractivity contribution in [3.05, 3.63) is 18.0 Å². The molecular weight excluding hydrogens is 156 g/mol. The monoisotopic (exact) mass is 168 g/mol. The Morgan fingerprint density at radius 1 is 1.75 bits per heavy atom. The summed E-state index contributed by atoms with van der Waals surface area (Å²) in [6.07, 6.45) is 1.19. The Morgan fingerprint density at radius 2 is 2.42 bits per heavy atom. The number of carbonyl (C=O) groups excluding carboxylic acids is 1. The summed E-state index contributed by atoms with van der Waals surface area (Å²) >= 11 is 0. The molecule has 0 N–H and O–H groups in total. The number of hydrogen-bond donors (Lipinski definition) is 0. The third kappa shape index (κ3) is 1.53. The molecule has 0 aromatic carbocycles. The van der Waals surface area contributed by atoms with Gasteiger partial charge in [0, 0.05) is 20.4 Å². The average molecular weight is 168 g/mol. The molecule has 0 radical (unpaired) electrons. The number of methoxy groups -OCH3 is 1. The van der Waals surface area contributed by atoms with E-state index in [9.17, 15) is 4.79 Å². The zero-order chi connectivity index (χ0) is 9.14. The van der Waals surface area contributed by atoms with Crippen LogP contribution in [0.3, 0.4) is 0 Å². The van der Waals surface area contributed by atoms with Gasteiger partial charge in [-0.25, -0.2) is 0 Å². The Bertz CT molecular complexity index is 280. The second-order valence-corrected chi connectivity index (χ2v) is 2.58. The normalized spacial score (nSPS) is 12.9. The molecule has 0 spiro atoms. The van der Waals surface area contributed by atoms with E-state index in [0.29, 0.717) is 5.69 Å². The Balaban J connectivity index is 2.85. The first kappa shape index (κ1) is 8.93. The summed E-state index contributed by atoms with van der Waals surface area (Å²) in [6.45, 7) is 1.72. The van der Waals surface area contributed by atoms with Gasteiger partial charge in [-0.2, -0.15) is 5.10 Å². The first-order valence-corrected chi connectivity index (χ1v) is 3.72. The van der Waals surface area contributed by atoms with Gasteiger partial charge in [0.05, 0.1) is 0 Å².